The summed E-state index contributed by atoms with van der Waals surface area (Å²) in [5.74, 6) is 0. The van der Waals surface area contributed by atoms with Crippen LogP contribution in [0.5, 0.6) is 0 Å². The van der Waals surface area contributed by atoms with Crippen molar-refractivity contribution in [2.45, 2.75) is 24.7 Å². The van der Waals surface area contributed by atoms with Crippen molar-refractivity contribution in [3.05, 3.63) is 34.9 Å². The molecule has 5 heteroatoms. The van der Waals surface area contributed by atoms with Gasteiger partial charge in [-0.3, -0.25) is 4.90 Å². The molecule has 1 aliphatic rings. The van der Waals surface area contributed by atoms with E-state index in [0.717, 1.165) is 5.56 Å². The molecule has 0 aliphatic carbocycles. The lowest BCUT2D eigenvalue weighted by Crippen LogP contribution is -2.36. The number of halogens is 1. The molecule has 1 saturated heterocycles. The van der Waals surface area contributed by atoms with Crippen LogP contribution in [0.25, 0.3) is 0 Å². The first kappa shape index (κ1) is 14.8. The van der Waals surface area contributed by atoms with Gasteiger partial charge in [0.05, 0.1) is 18.8 Å². The van der Waals surface area contributed by atoms with Crippen LogP contribution in [0.15, 0.2) is 24.3 Å². The third-order valence-corrected chi connectivity index (χ3v) is 3.90. The van der Waals surface area contributed by atoms with Crippen molar-refractivity contribution >= 4 is 11.6 Å². The third-order valence-electron chi connectivity index (χ3n) is 3.64. The van der Waals surface area contributed by atoms with Crippen LogP contribution in [0.4, 0.5) is 0 Å². The maximum Gasteiger partial charge on any atom is 0.0948 e. The molecule has 4 nitrogen and oxygen atoms in total. The van der Waals surface area contributed by atoms with Crippen molar-refractivity contribution < 1.29 is 14.9 Å². The van der Waals surface area contributed by atoms with Crippen LogP contribution in [-0.4, -0.2) is 54.1 Å². The minimum atomic E-state index is -0.361. The molecule has 0 spiro atoms. The summed E-state index contributed by atoms with van der Waals surface area (Å²) in [5.41, 5.74) is 1.05. The molecule has 0 amide bonds. The zero-order valence-corrected chi connectivity index (χ0v) is 11.8. The van der Waals surface area contributed by atoms with Crippen LogP contribution in [0.3, 0.4) is 0 Å². The minimum Gasteiger partial charge on any atom is -0.395 e. The number of aliphatic hydroxyl groups is 2. The maximum atomic E-state index is 9.68. The second-order valence-electron chi connectivity index (χ2n) is 4.96. The highest BCUT2D eigenvalue weighted by molar-refractivity contribution is 6.30. The number of rotatable bonds is 5. The van der Waals surface area contributed by atoms with Crippen LogP contribution in [0, 0.1) is 0 Å². The predicted molar refractivity (Wildman–Crippen MR) is 74.3 cm³/mol. The number of β-amino-alcohol motifs (C(OH)–C–C–N with tert-alkyl or cyclic N) is 1. The van der Waals surface area contributed by atoms with Crippen molar-refractivity contribution in [2.75, 3.05) is 26.8 Å². The van der Waals surface area contributed by atoms with Crippen LogP contribution >= 0.6 is 11.6 Å². The number of ether oxygens (including phenoxy) is 1. The van der Waals surface area contributed by atoms with Crippen LogP contribution in [0.1, 0.15) is 18.1 Å². The number of aliphatic hydroxyl groups excluding tert-OH is 2. The molecule has 0 saturated carbocycles. The van der Waals surface area contributed by atoms with Crippen molar-refractivity contribution in [3.8, 4) is 0 Å². The van der Waals surface area contributed by atoms with Gasteiger partial charge < -0.3 is 14.9 Å². The summed E-state index contributed by atoms with van der Waals surface area (Å²) >= 11 is 5.88. The van der Waals surface area contributed by atoms with E-state index in [1.807, 2.05) is 24.3 Å². The number of hydrogen-bond donors (Lipinski definition) is 2. The first-order valence-corrected chi connectivity index (χ1v) is 6.83. The molecule has 1 aromatic carbocycles. The summed E-state index contributed by atoms with van der Waals surface area (Å²) < 4.78 is 5.52. The summed E-state index contributed by atoms with van der Waals surface area (Å²) in [7, 11) is 1.67. The average molecular weight is 286 g/mol. The first-order chi connectivity index (χ1) is 9.13. The van der Waals surface area contributed by atoms with Gasteiger partial charge in [0.2, 0.25) is 0 Å². The van der Waals surface area contributed by atoms with Gasteiger partial charge in [-0.25, -0.2) is 0 Å². The lowest BCUT2D eigenvalue weighted by Gasteiger charge is -2.27. The molecule has 2 rings (SSSR count). The van der Waals surface area contributed by atoms with E-state index in [1.54, 1.807) is 7.11 Å². The zero-order chi connectivity index (χ0) is 13.8. The number of nitrogens with zero attached hydrogens (tertiary/aromatic N) is 1. The smallest absolute Gasteiger partial charge is 0.0948 e. The number of likely N-dealkylation sites (tertiary alicyclic amines) is 1. The lowest BCUT2D eigenvalue weighted by molar-refractivity contribution is 0.0466. The Morgan fingerprint density at radius 1 is 1.42 bits per heavy atom. The molecule has 1 fully saturated rings. The van der Waals surface area contributed by atoms with E-state index < -0.39 is 0 Å². The summed E-state index contributed by atoms with van der Waals surface area (Å²) in [5, 5.41) is 19.7. The van der Waals surface area contributed by atoms with E-state index in [0.29, 0.717) is 24.5 Å². The van der Waals surface area contributed by atoms with Gasteiger partial charge in [0.15, 0.2) is 0 Å². The highest BCUT2D eigenvalue weighted by atomic mass is 35.5. The molecule has 3 atom stereocenters. The third kappa shape index (κ3) is 3.68. The molecule has 19 heavy (non-hydrogen) atoms. The Balaban J connectivity index is 2.04. The lowest BCUT2D eigenvalue weighted by atomic mass is 10.1. The van der Waals surface area contributed by atoms with E-state index in [-0.39, 0.29) is 24.9 Å². The fraction of sp³-hybridized carbons (Fsp3) is 0.571. The molecule has 0 bridgehead atoms. The quantitative estimate of drug-likeness (QED) is 0.860. The molecule has 1 aliphatic heterocycles. The van der Waals surface area contributed by atoms with Gasteiger partial charge in [-0.2, -0.15) is 0 Å². The molecular formula is C14H20ClNO3. The van der Waals surface area contributed by atoms with Crippen molar-refractivity contribution in [2.24, 2.45) is 0 Å². The van der Waals surface area contributed by atoms with Gasteiger partial charge in [0.25, 0.3) is 0 Å². The molecule has 0 radical (unpaired) electrons. The first-order valence-electron chi connectivity index (χ1n) is 6.45. The Hall–Kier alpha value is -0.650. The normalized spacial score (nSPS) is 25.7. The Bertz CT molecular complexity index is 398. The molecule has 106 valence electrons. The minimum absolute atomic E-state index is 0.0138. The predicted octanol–water partition coefficient (Wildman–Crippen LogP) is 1.45. The van der Waals surface area contributed by atoms with Crippen LogP contribution in [-0.2, 0) is 4.74 Å². The van der Waals surface area contributed by atoms with E-state index in [2.05, 4.69) is 4.90 Å². The second-order valence-corrected chi connectivity index (χ2v) is 5.39. The van der Waals surface area contributed by atoms with Gasteiger partial charge in [-0.05, 0) is 24.1 Å². The standard InChI is InChI=1S/C14H20ClNO3/c1-19-14(10-2-4-11(15)5-3-10)8-16-7-13(18)6-12(16)9-17/h2-5,12-14,17-18H,6-9H2,1H3/t12-,13-,14-/m1/s1. The summed E-state index contributed by atoms with van der Waals surface area (Å²) in [4.78, 5) is 2.08. The molecule has 1 aromatic rings. The Kier molecular flexibility index (Phi) is 5.19. The summed E-state index contributed by atoms with van der Waals surface area (Å²) in [6.07, 6.45) is 0.171. The van der Waals surface area contributed by atoms with E-state index in [9.17, 15) is 10.2 Å². The maximum absolute atomic E-state index is 9.68. The van der Waals surface area contributed by atoms with Crippen LogP contribution < -0.4 is 0 Å². The van der Waals surface area contributed by atoms with Gasteiger partial charge in [0.1, 0.15) is 0 Å². The average Bonchev–Trinajstić information content (AvgIpc) is 2.77. The Labute approximate surface area is 118 Å². The highest BCUT2D eigenvalue weighted by Crippen LogP contribution is 2.25. The van der Waals surface area contributed by atoms with Crippen molar-refractivity contribution in [3.63, 3.8) is 0 Å². The molecule has 0 unspecified atom stereocenters. The fourth-order valence-electron chi connectivity index (χ4n) is 2.58. The molecule has 0 aromatic heterocycles. The zero-order valence-electron chi connectivity index (χ0n) is 11.0. The highest BCUT2D eigenvalue weighted by Gasteiger charge is 2.32. The number of benzene rings is 1. The largest absolute Gasteiger partial charge is 0.395 e. The molecule has 2 N–H and O–H groups in total. The summed E-state index contributed by atoms with van der Waals surface area (Å²) in [6, 6.07) is 7.57. The monoisotopic (exact) mass is 285 g/mol. The van der Waals surface area contributed by atoms with Gasteiger partial charge in [0, 0.05) is 31.3 Å². The van der Waals surface area contributed by atoms with Gasteiger partial charge in [-0.1, -0.05) is 23.7 Å². The molecule has 1 heterocycles. The van der Waals surface area contributed by atoms with Crippen LogP contribution in [0.2, 0.25) is 5.02 Å². The van der Waals surface area contributed by atoms with Crippen molar-refractivity contribution in [1.29, 1.82) is 0 Å². The van der Waals surface area contributed by atoms with E-state index in [1.165, 1.54) is 0 Å². The molecular weight excluding hydrogens is 266 g/mol. The number of methoxy groups -OCH3 is 1. The number of hydrogen-bond acceptors (Lipinski definition) is 4. The second kappa shape index (κ2) is 6.68. The van der Waals surface area contributed by atoms with E-state index in [4.69, 9.17) is 16.3 Å². The van der Waals surface area contributed by atoms with Crippen molar-refractivity contribution in [1.82, 2.24) is 4.90 Å². The summed E-state index contributed by atoms with van der Waals surface area (Å²) in [6.45, 7) is 1.30. The van der Waals surface area contributed by atoms with E-state index >= 15 is 0 Å². The topological polar surface area (TPSA) is 52.9 Å². The SMILES string of the molecule is CO[C@H](CN1C[C@H](O)C[C@@H]1CO)c1ccc(Cl)cc1. The van der Waals surface area contributed by atoms with Gasteiger partial charge in [-0.15, -0.1) is 0 Å². The Morgan fingerprint density at radius 2 is 2.11 bits per heavy atom. The van der Waals surface area contributed by atoms with Gasteiger partial charge >= 0.3 is 0 Å². The Morgan fingerprint density at radius 3 is 2.68 bits per heavy atom. The fourth-order valence-corrected chi connectivity index (χ4v) is 2.70.